The molecule has 0 aliphatic heterocycles. The summed E-state index contributed by atoms with van der Waals surface area (Å²) in [5.41, 5.74) is 1.13. The van der Waals surface area contributed by atoms with E-state index in [9.17, 15) is 18.0 Å². The first-order chi connectivity index (χ1) is 14.1. The highest BCUT2D eigenvalue weighted by molar-refractivity contribution is 7.15. The van der Waals surface area contributed by atoms with Crippen molar-refractivity contribution in [1.82, 2.24) is 19.6 Å². The van der Waals surface area contributed by atoms with E-state index in [2.05, 4.69) is 20.4 Å². The van der Waals surface area contributed by atoms with Gasteiger partial charge in [-0.1, -0.05) is 18.2 Å². The molecule has 0 aliphatic rings. The number of aryl methyl sites for hydroxylation is 3. The normalized spacial score (nSPS) is 11.8. The first kappa shape index (κ1) is 20.0. The highest BCUT2D eigenvalue weighted by Gasteiger charge is 2.34. The molecule has 0 saturated heterocycles. The molecule has 1 N–H and O–H groups in total. The van der Waals surface area contributed by atoms with E-state index >= 15 is 0 Å². The van der Waals surface area contributed by atoms with Gasteiger partial charge >= 0.3 is 6.18 Å². The van der Waals surface area contributed by atoms with E-state index in [-0.39, 0.29) is 17.0 Å². The molecule has 10 heteroatoms. The predicted molar refractivity (Wildman–Crippen MR) is 108 cm³/mol. The van der Waals surface area contributed by atoms with Crippen molar-refractivity contribution in [2.75, 3.05) is 5.32 Å². The number of alkyl halides is 3. The Morgan fingerprint density at radius 2 is 1.90 bits per heavy atom. The quantitative estimate of drug-likeness (QED) is 0.493. The van der Waals surface area contributed by atoms with Gasteiger partial charge in [0.2, 0.25) is 0 Å². The predicted octanol–water partition coefficient (Wildman–Crippen LogP) is 5.05. The van der Waals surface area contributed by atoms with Crippen molar-refractivity contribution in [3.05, 3.63) is 63.9 Å². The van der Waals surface area contributed by atoms with Crippen molar-refractivity contribution in [3.63, 3.8) is 0 Å². The molecule has 0 atom stereocenters. The zero-order valence-corrected chi connectivity index (χ0v) is 17.0. The van der Waals surface area contributed by atoms with Crippen molar-refractivity contribution in [2.45, 2.75) is 26.9 Å². The number of nitrogens with one attached hydrogen (secondary N) is 1. The first-order valence-corrected chi connectivity index (χ1v) is 9.74. The topological polar surface area (TPSA) is 72.2 Å². The fourth-order valence-electron chi connectivity index (χ4n) is 3.05. The van der Waals surface area contributed by atoms with Gasteiger partial charge in [-0.25, -0.2) is 14.5 Å². The van der Waals surface area contributed by atoms with Gasteiger partial charge in [0.05, 0.1) is 23.1 Å². The Balaban J connectivity index is 1.80. The summed E-state index contributed by atoms with van der Waals surface area (Å²) in [4.78, 5) is 22.2. The molecule has 0 spiro atoms. The zero-order chi connectivity index (χ0) is 21.6. The van der Waals surface area contributed by atoms with Gasteiger partial charge in [-0.3, -0.25) is 10.1 Å². The number of benzene rings is 1. The van der Waals surface area contributed by atoms with Crippen LogP contribution in [0, 0.1) is 20.8 Å². The fourth-order valence-corrected chi connectivity index (χ4v) is 3.86. The van der Waals surface area contributed by atoms with E-state index in [0.29, 0.717) is 16.3 Å². The van der Waals surface area contributed by atoms with Crippen molar-refractivity contribution in [1.29, 1.82) is 0 Å². The van der Waals surface area contributed by atoms with Crippen molar-refractivity contribution in [2.24, 2.45) is 0 Å². The number of hydrogen-bond donors (Lipinski definition) is 1. The van der Waals surface area contributed by atoms with Crippen molar-refractivity contribution in [3.8, 4) is 11.3 Å². The highest BCUT2D eigenvalue weighted by atomic mass is 32.1. The van der Waals surface area contributed by atoms with Crippen molar-refractivity contribution < 1.29 is 18.0 Å². The van der Waals surface area contributed by atoms with E-state index in [4.69, 9.17) is 0 Å². The summed E-state index contributed by atoms with van der Waals surface area (Å²) in [5, 5.41) is 7.43. The molecule has 1 aromatic carbocycles. The Kier molecular flexibility index (Phi) is 4.81. The van der Waals surface area contributed by atoms with Crippen molar-refractivity contribution >= 4 is 28.0 Å². The zero-order valence-electron chi connectivity index (χ0n) is 16.2. The van der Waals surface area contributed by atoms with E-state index in [1.54, 1.807) is 6.92 Å². The molecule has 0 fully saturated rings. The number of fused-ring (bicyclic) bond motifs is 1. The Hall–Kier alpha value is -3.27. The second-order valence-corrected chi connectivity index (χ2v) is 7.95. The van der Waals surface area contributed by atoms with Gasteiger partial charge in [0.25, 0.3) is 5.91 Å². The molecule has 0 unspecified atom stereocenters. The molecular weight excluding hydrogens is 415 g/mol. The second kappa shape index (κ2) is 7.21. The molecular formula is C20H16F3N5OS. The third-order valence-corrected chi connectivity index (χ3v) is 5.63. The average molecular weight is 431 g/mol. The smallest absolute Gasteiger partial charge is 0.296 e. The Morgan fingerprint density at radius 3 is 2.57 bits per heavy atom. The summed E-state index contributed by atoms with van der Waals surface area (Å²) < 4.78 is 41.6. The lowest BCUT2D eigenvalue weighted by atomic mass is 10.0. The summed E-state index contributed by atoms with van der Waals surface area (Å²) in [5.74, 6) is -0.496. The van der Waals surface area contributed by atoms with Crippen LogP contribution in [0.25, 0.3) is 16.9 Å². The molecule has 4 aromatic rings. The number of rotatable bonds is 3. The van der Waals surface area contributed by atoms with Gasteiger partial charge in [0, 0.05) is 10.4 Å². The average Bonchev–Trinajstić information content (AvgIpc) is 3.24. The number of thiazole rings is 1. The molecule has 4 rings (SSSR count). The van der Waals surface area contributed by atoms with Gasteiger partial charge in [0.1, 0.15) is 0 Å². The van der Waals surface area contributed by atoms with E-state index < -0.39 is 17.6 Å². The Bertz CT molecular complexity index is 1260. The van der Waals surface area contributed by atoms with Crippen LogP contribution in [0.3, 0.4) is 0 Å². The van der Waals surface area contributed by atoms with E-state index in [1.807, 2.05) is 13.8 Å². The van der Waals surface area contributed by atoms with Gasteiger partial charge in [0.15, 0.2) is 16.5 Å². The molecule has 0 aliphatic carbocycles. The fraction of sp³-hybridized carbons (Fsp3) is 0.200. The van der Waals surface area contributed by atoms with Gasteiger partial charge < -0.3 is 0 Å². The monoisotopic (exact) mass is 431 g/mol. The van der Waals surface area contributed by atoms with E-state index in [1.165, 1.54) is 46.3 Å². The van der Waals surface area contributed by atoms with Crippen LogP contribution in [0.15, 0.2) is 36.5 Å². The van der Waals surface area contributed by atoms with Crippen LogP contribution in [0.4, 0.5) is 18.3 Å². The lowest BCUT2D eigenvalue weighted by molar-refractivity contribution is -0.137. The van der Waals surface area contributed by atoms with Crippen LogP contribution < -0.4 is 5.32 Å². The molecule has 3 heterocycles. The number of hydrogen-bond acceptors (Lipinski definition) is 5. The van der Waals surface area contributed by atoms with Crippen LogP contribution in [0.2, 0.25) is 0 Å². The molecule has 30 heavy (non-hydrogen) atoms. The van der Waals surface area contributed by atoms with Gasteiger partial charge in [-0.05, 0) is 38.5 Å². The lowest BCUT2D eigenvalue weighted by Gasteiger charge is -2.13. The molecule has 1 amide bonds. The first-order valence-electron chi connectivity index (χ1n) is 8.92. The minimum absolute atomic E-state index is 0.0683. The summed E-state index contributed by atoms with van der Waals surface area (Å²) in [6.07, 6.45) is -3.19. The molecule has 3 aromatic heterocycles. The number of carbonyl (C=O) groups is 1. The van der Waals surface area contributed by atoms with Crippen LogP contribution in [-0.2, 0) is 6.18 Å². The maximum atomic E-state index is 13.5. The summed E-state index contributed by atoms with van der Waals surface area (Å²) in [6.45, 7) is 5.44. The minimum atomic E-state index is -4.53. The van der Waals surface area contributed by atoms with Gasteiger partial charge in [-0.15, -0.1) is 11.3 Å². The van der Waals surface area contributed by atoms with Crippen LogP contribution >= 0.6 is 11.3 Å². The molecule has 0 radical (unpaired) electrons. The largest absolute Gasteiger partial charge is 0.417 e. The third kappa shape index (κ3) is 3.54. The third-order valence-electron chi connectivity index (χ3n) is 4.64. The maximum Gasteiger partial charge on any atom is 0.417 e. The summed E-state index contributed by atoms with van der Waals surface area (Å²) >= 11 is 1.34. The second-order valence-electron chi connectivity index (χ2n) is 6.75. The molecule has 0 bridgehead atoms. The van der Waals surface area contributed by atoms with Crippen LogP contribution in [0.5, 0.6) is 0 Å². The molecule has 0 saturated carbocycles. The highest BCUT2D eigenvalue weighted by Crippen LogP contribution is 2.36. The SMILES string of the molecule is Cc1nc(NC(=O)c2cnc3c(C)cc(-c4ccccc4C(F)(F)F)nn23)sc1C. The van der Waals surface area contributed by atoms with Crippen LogP contribution in [0.1, 0.15) is 32.2 Å². The Labute approximate surface area is 173 Å². The number of anilines is 1. The van der Waals surface area contributed by atoms with Crippen LogP contribution in [-0.4, -0.2) is 25.5 Å². The number of amides is 1. The lowest BCUT2D eigenvalue weighted by Crippen LogP contribution is -2.16. The van der Waals surface area contributed by atoms with E-state index in [0.717, 1.165) is 16.6 Å². The number of imidazole rings is 1. The molecule has 6 nitrogen and oxygen atoms in total. The summed E-state index contributed by atoms with van der Waals surface area (Å²) in [7, 11) is 0. The molecule has 154 valence electrons. The number of halogens is 3. The minimum Gasteiger partial charge on any atom is -0.296 e. The maximum absolute atomic E-state index is 13.5. The standard InChI is InChI=1S/C20H16F3N5OS/c1-10-8-15(13-6-4-5-7-14(13)20(21,22)23)27-28-16(9-24-17(10)28)18(29)26-19-25-11(2)12(3)30-19/h4-9H,1-3H3,(H,25,26,29). The van der Waals surface area contributed by atoms with Gasteiger partial charge in [-0.2, -0.15) is 18.3 Å². The number of nitrogens with zero attached hydrogens (tertiary/aromatic N) is 4. The number of carbonyl (C=O) groups excluding carboxylic acids is 1. The Morgan fingerprint density at radius 1 is 1.17 bits per heavy atom. The summed E-state index contributed by atoms with van der Waals surface area (Å²) in [6, 6.07) is 6.73. The number of aromatic nitrogens is 4.